The Labute approximate surface area is 223 Å². The summed E-state index contributed by atoms with van der Waals surface area (Å²) in [4.78, 5) is 16.8. The van der Waals surface area contributed by atoms with E-state index >= 15 is 0 Å². The van der Waals surface area contributed by atoms with Crippen molar-refractivity contribution in [2.24, 2.45) is 5.10 Å². The van der Waals surface area contributed by atoms with E-state index < -0.39 is 0 Å². The third kappa shape index (κ3) is 5.10. The van der Waals surface area contributed by atoms with E-state index in [9.17, 15) is 4.79 Å². The summed E-state index contributed by atoms with van der Waals surface area (Å²) in [6, 6.07) is 34.0. The van der Waals surface area contributed by atoms with Crippen LogP contribution in [0, 0.1) is 0 Å². The molecule has 0 aliphatic rings. The number of nitrogens with zero attached hydrogens (tertiary/aromatic N) is 2. The number of nitrogens with one attached hydrogen (secondary N) is 1. The molecule has 0 aliphatic carbocycles. The zero-order chi connectivity index (χ0) is 25.7. The second kappa shape index (κ2) is 10.8. The fourth-order valence-electron chi connectivity index (χ4n) is 4.35. The average Bonchev–Trinajstić information content (AvgIpc) is 3.38. The summed E-state index contributed by atoms with van der Waals surface area (Å²) in [6.07, 6.45) is 1.64. The topological polar surface area (TPSA) is 76.7 Å². The number of hydrazone groups is 1. The third-order valence-electron chi connectivity index (χ3n) is 6.18. The van der Waals surface area contributed by atoms with Gasteiger partial charge in [0, 0.05) is 5.56 Å². The number of benzene rings is 5. The summed E-state index contributed by atoms with van der Waals surface area (Å²) < 4.78 is 12.0. The highest BCUT2D eigenvalue weighted by Crippen LogP contribution is 2.28. The van der Waals surface area contributed by atoms with Crippen molar-refractivity contribution in [1.82, 2.24) is 10.4 Å². The van der Waals surface area contributed by atoms with Crippen LogP contribution in [0.1, 0.15) is 11.1 Å². The summed E-state index contributed by atoms with van der Waals surface area (Å²) >= 11 is 1.22. The lowest BCUT2D eigenvalue weighted by Crippen LogP contribution is -2.19. The van der Waals surface area contributed by atoms with Crippen LogP contribution in [0.25, 0.3) is 32.6 Å². The van der Waals surface area contributed by atoms with Crippen LogP contribution in [-0.2, 0) is 11.4 Å². The van der Waals surface area contributed by atoms with Crippen molar-refractivity contribution in [3.63, 3.8) is 0 Å². The largest absolute Gasteiger partial charge is 0.488 e. The maximum atomic E-state index is 12.5. The van der Waals surface area contributed by atoms with Gasteiger partial charge >= 0.3 is 0 Å². The van der Waals surface area contributed by atoms with Gasteiger partial charge in [0.05, 0.1) is 12.0 Å². The van der Waals surface area contributed by atoms with E-state index in [2.05, 4.69) is 39.8 Å². The van der Waals surface area contributed by atoms with Crippen LogP contribution < -0.4 is 10.2 Å². The second-order valence-corrected chi connectivity index (χ2v) is 9.58. The van der Waals surface area contributed by atoms with Gasteiger partial charge in [-0.05, 0) is 45.3 Å². The first-order valence-corrected chi connectivity index (χ1v) is 13.1. The van der Waals surface area contributed by atoms with Gasteiger partial charge in [0.2, 0.25) is 0 Å². The van der Waals surface area contributed by atoms with Crippen molar-refractivity contribution in [3.8, 4) is 5.75 Å². The van der Waals surface area contributed by atoms with Gasteiger partial charge in [-0.15, -0.1) is 0 Å². The van der Waals surface area contributed by atoms with Crippen molar-refractivity contribution in [3.05, 3.63) is 114 Å². The molecule has 186 valence electrons. The number of ether oxygens (including phenoxy) is 1. The predicted molar refractivity (Wildman–Crippen MR) is 153 cm³/mol. The van der Waals surface area contributed by atoms with Gasteiger partial charge in [-0.1, -0.05) is 96.7 Å². The number of aromatic nitrogens is 1. The molecule has 0 fully saturated rings. The SMILES string of the molecule is O=C(CSc1nc2ccccc2o1)N/N=C\c1c(OCc2cccc3ccccc23)ccc2ccccc12. The summed E-state index contributed by atoms with van der Waals surface area (Å²) in [5.74, 6) is 0.562. The van der Waals surface area contributed by atoms with Gasteiger partial charge in [0.1, 0.15) is 17.9 Å². The van der Waals surface area contributed by atoms with Crippen LogP contribution in [0.15, 0.2) is 118 Å². The lowest BCUT2D eigenvalue weighted by Gasteiger charge is -2.13. The standard InChI is InChI=1S/C31H23N3O3S/c35-30(20-38-31-33-27-14-5-6-15-29(27)37-31)34-32-18-26-25-13-4-2-9-22(25)16-17-28(26)36-19-23-11-7-10-21-8-1-3-12-24(21)23/h1-18H,19-20H2,(H,34,35)/b32-18-. The Morgan fingerprint density at radius 3 is 2.47 bits per heavy atom. The molecule has 5 aromatic carbocycles. The van der Waals surface area contributed by atoms with E-state index in [0.717, 1.165) is 32.8 Å². The number of para-hydroxylation sites is 2. The van der Waals surface area contributed by atoms with Crippen LogP contribution in [-0.4, -0.2) is 22.9 Å². The molecule has 1 N–H and O–H groups in total. The number of carbonyl (C=O) groups is 1. The second-order valence-electron chi connectivity index (χ2n) is 8.65. The van der Waals surface area contributed by atoms with Crippen molar-refractivity contribution < 1.29 is 13.9 Å². The fourth-order valence-corrected chi connectivity index (χ4v) is 4.98. The molecule has 6 nitrogen and oxygen atoms in total. The molecule has 0 bridgehead atoms. The van der Waals surface area contributed by atoms with E-state index in [-0.39, 0.29) is 11.7 Å². The van der Waals surface area contributed by atoms with Crippen molar-refractivity contribution in [2.45, 2.75) is 11.8 Å². The zero-order valence-electron chi connectivity index (χ0n) is 20.3. The van der Waals surface area contributed by atoms with Crippen LogP contribution in [0.5, 0.6) is 5.75 Å². The van der Waals surface area contributed by atoms with E-state index in [1.54, 1.807) is 6.21 Å². The Bertz CT molecular complexity index is 1760. The first kappa shape index (κ1) is 23.8. The molecular weight excluding hydrogens is 494 g/mol. The number of thioether (sulfide) groups is 1. The average molecular weight is 518 g/mol. The highest BCUT2D eigenvalue weighted by molar-refractivity contribution is 7.99. The number of hydrogen-bond acceptors (Lipinski definition) is 6. The Hall–Kier alpha value is -4.62. The Morgan fingerprint density at radius 1 is 0.868 bits per heavy atom. The Morgan fingerprint density at radius 2 is 1.61 bits per heavy atom. The molecule has 1 heterocycles. The monoisotopic (exact) mass is 517 g/mol. The summed E-state index contributed by atoms with van der Waals surface area (Å²) in [5.41, 5.74) is 5.97. The number of hydrogen-bond donors (Lipinski definition) is 1. The number of fused-ring (bicyclic) bond motifs is 3. The molecule has 1 amide bonds. The maximum absolute atomic E-state index is 12.5. The molecule has 6 aromatic rings. The molecule has 0 saturated heterocycles. The number of carbonyl (C=O) groups excluding carboxylic acids is 1. The summed E-state index contributed by atoms with van der Waals surface area (Å²) in [6.45, 7) is 0.411. The minimum atomic E-state index is -0.257. The molecule has 38 heavy (non-hydrogen) atoms. The van der Waals surface area contributed by atoms with Gasteiger partial charge in [-0.3, -0.25) is 4.79 Å². The highest BCUT2D eigenvalue weighted by Gasteiger charge is 2.11. The van der Waals surface area contributed by atoms with Crippen molar-refractivity contribution in [2.75, 3.05) is 5.75 Å². The van der Waals surface area contributed by atoms with Gasteiger partial charge < -0.3 is 9.15 Å². The van der Waals surface area contributed by atoms with E-state index in [0.29, 0.717) is 23.2 Å². The normalized spacial score (nSPS) is 11.5. The Kier molecular flexibility index (Phi) is 6.74. The zero-order valence-corrected chi connectivity index (χ0v) is 21.2. The molecular formula is C31H23N3O3S. The lowest BCUT2D eigenvalue weighted by atomic mass is 10.0. The van der Waals surface area contributed by atoms with Crippen molar-refractivity contribution in [1.29, 1.82) is 0 Å². The van der Waals surface area contributed by atoms with Gasteiger partial charge in [0.15, 0.2) is 5.58 Å². The predicted octanol–water partition coefficient (Wildman–Crippen LogP) is 6.96. The first-order chi connectivity index (χ1) is 18.7. The van der Waals surface area contributed by atoms with Gasteiger partial charge in [-0.25, -0.2) is 10.4 Å². The van der Waals surface area contributed by atoms with E-state index in [1.807, 2.05) is 78.9 Å². The van der Waals surface area contributed by atoms with Crippen LogP contribution in [0.2, 0.25) is 0 Å². The highest BCUT2D eigenvalue weighted by atomic mass is 32.2. The first-order valence-electron chi connectivity index (χ1n) is 12.2. The van der Waals surface area contributed by atoms with Crippen LogP contribution in [0.4, 0.5) is 0 Å². The fraction of sp³-hybridized carbons (Fsp3) is 0.0645. The molecule has 0 unspecified atom stereocenters. The molecule has 6 rings (SSSR count). The molecule has 0 spiro atoms. The molecule has 0 aliphatic heterocycles. The molecule has 7 heteroatoms. The molecule has 0 atom stereocenters. The summed E-state index contributed by atoms with van der Waals surface area (Å²) in [5, 5.41) is 9.07. The molecule has 0 saturated carbocycles. The van der Waals surface area contributed by atoms with Gasteiger partial charge in [0.25, 0.3) is 11.1 Å². The van der Waals surface area contributed by atoms with Gasteiger partial charge in [-0.2, -0.15) is 5.10 Å². The lowest BCUT2D eigenvalue weighted by molar-refractivity contribution is -0.118. The minimum Gasteiger partial charge on any atom is -0.488 e. The maximum Gasteiger partial charge on any atom is 0.257 e. The van der Waals surface area contributed by atoms with Crippen LogP contribution >= 0.6 is 11.8 Å². The smallest absolute Gasteiger partial charge is 0.257 e. The third-order valence-corrected chi connectivity index (χ3v) is 7.01. The molecule has 1 aromatic heterocycles. The van der Waals surface area contributed by atoms with E-state index in [4.69, 9.17) is 9.15 Å². The number of oxazole rings is 1. The van der Waals surface area contributed by atoms with Crippen LogP contribution in [0.3, 0.4) is 0 Å². The minimum absolute atomic E-state index is 0.129. The Balaban J connectivity index is 1.18. The number of rotatable bonds is 8. The number of amides is 1. The quantitative estimate of drug-likeness (QED) is 0.134. The van der Waals surface area contributed by atoms with E-state index in [1.165, 1.54) is 17.1 Å². The summed E-state index contributed by atoms with van der Waals surface area (Å²) in [7, 11) is 0. The molecule has 0 radical (unpaired) electrons. The van der Waals surface area contributed by atoms with Crippen molar-refractivity contribution >= 4 is 56.5 Å².